The molecule has 2 heterocycles. The van der Waals surface area contributed by atoms with E-state index in [1.54, 1.807) is 24.3 Å². The van der Waals surface area contributed by atoms with E-state index in [4.69, 9.17) is 4.42 Å². The number of aromatic nitrogens is 2. The molecule has 4 rings (SSSR count). The average molecular weight is 444 g/mol. The Hall–Kier alpha value is -2.71. The van der Waals surface area contributed by atoms with E-state index in [1.165, 1.54) is 15.9 Å². The number of carbonyl (C=O) groups excluding carboxylic acids is 1. The lowest BCUT2D eigenvalue weighted by Gasteiger charge is -2.02. The molecule has 0 atom stereocenters. The van der Waals surface area contributed by atoms with Crippen LogP contribution in [0.15, 0.2) is 62.2 Å². The second-order valence-electron chi connectivity index (χ2n) is 5.90. The number of hydrogen-bond donors (Lipinski definition) is 1. The lowest BCUT2D eigenvalue weighted by molar-refractivity contribution is -0.116. The monoisotopic (exact) mass is 443 g/mol. The summed E-state index contributed by atoms with van der Waals surface area (Å²) in [6, 6.07) is 14.8. The van der Waals surface area contributed by atoms with Crippen molar-refractivity contribution in [1.29, 1.82) is 0 Å². The molecule has 136 valence electrons. The molecule has 2 aromatic heterocycles. The van der Waals surface area contributed by atoms with Crippen molar-refractivity contribution in [2.24, 2.45) is 0 Å². The molecule has 0 saturated carbocycles. The fourth-order valence-electron chi connectivity index (χ4n) is 2.79. The zero-order valence-corrected chi connectivity index (χ0v) is 16.6. The lowest BCUT2D eigenvalue weighted by atomic mass is 10.1. The summed E-state index contributed by atoms with van der Waals surface area (Å²) in [5, 5.41) is 3.27. The van der Waals surface area contributed by atoms with Crippen molar-refractivity contribution in [2.45, 2.75) is 13.5 Å². The van der Waals surface area contributed by atoms with Crippen molar-refractivity contribution < 1.29 is 9.21 Å². The average Bonchev–Trinajstić information content (AvgIpc) is 3.15. The van der Waals surface area contributed by atoms with Gasteiger partial charge in [0.05, 0.1) is 11.2 Å². The largest absolute Gasteiger partial charge is 0.420 e. The quantitative estimate of drug-likeness (QED) is 0.506. The lowest BCUT2D eigenvalue weighted by Crippen LogP contribution is -2.24. The summed E-state index contributed by atoms with van der Waals surface area (Å²) in [6.45, 7) is 1.82. The van der Waals surface area contributed by atoms with Gasteiger partial charge in [-0.25, -0.2) is 9.78 Å². The molecule has 0 aliphatic heterocycles. The van der Waals surface area contributed by atoms with E-state index in [2.05, 4.69) is 26.2 Å². The third-order valence-corrected chi connectivity index (χ3v) is 5.45. The Bertz CT molecular complexity index is 1190. The number of oxazole rings is 1. The van der Waals surface area contributed by atoms with Gasteiger partial charge in [-0.05, 0) is 31.2 Å². The van der Waals surface area contributed by atoms with Crippen molar-refractivity contribution in [1.82, 2.24) is 9.55 Å². The third kappa shape index (κ3) is 3.58. The molecule has 0 spiro atoms. The first-order valence-corrected chi connectivity index (χ1v) is 9.74. The van der Waals surface area contributed by atoms with Crippen LogP contribution in [0.3, 0.4) is 0 Å². The standard InChI is InChI=1S/C19H14BrN3O3S/c1-11-17(12-6-8-13(20)9-7-12)22-18(27-11)21-16(24)10-23-14-4-2-3-5-15(14)26-19(23)25/h2-9H,10H2,1H3,(H,21,22,24). The minimum absolute atomic E-state index is 0.137. The number of fused-ring (bicyclic) bond motifs is 1. The highest BCUT2D eigenvalue weighted by atomic mass is 79.9. The van der Waals surface area contributed by atoms with Gasteiger partial charge in [0.15, 0.2) is 10.7 Å². The number of aryl methyl sites for hydroxylation is 1. The smallest absolute Gasteiger partial charge is 0.408 e. The van der Waals surface area contributed by atoms with Crippen LogP contribution in [0.5, 0.6) is 0 Å². The Kier molecular flexibility index (Phi) is 4.67. The molecule has 6 nitrogen and oxygen atoms in total. The van der Waals surface area contributed by atoms with Crippen LogP contribution >= 0.6 is 27.3 Å². The summed E-state index contributed by atoms with van der Waals surface area (Å²) in [7, 11) is 0. The van der Waals surface area contributed by atoms with Gasteiger partial charge in [-0.2, -0.15) is 0 Å². The summed E-state index contributed by atoms with van der Waals surface area (Å²) in [5.74, 6) is -0.892. The van der Waals surface area contributed by atoms with Crippen molar-refractivity contribution >= 4 is 49.4 Å². The second kappa shape index (κ2) is 7.13. The van der Waals surface area contributed by atoms with Crippen molar-refractivity contribution in [2.75, 3.05) is 5.32 Å². The number of rotatable bonds is 4. The SMILES string of the molecule is Cc1sc(NC(=O)Cn2c(=O)oc3ccccc32)nc1-c1ccc(Br)cc1. The second-order valence-corrected chi connectivity index (χ2v) is 8.02. The van der Waals surface area contributed by atoms with E-state index >= 15 is 0 Å². The van der Waals surface area contributed by atoms with Crippen molar-refractivity contribution in [3.05, 3.63) is 68.4 Å². The molecule has 0 radical (unpaired) electrons. The Labute approximate surface area is 166 Å². The van der Waals surface area contributed by atoms with Gasteiger partial charge < -0.3 is 9.73 Å². The van der Waals surface area contributed by atoms with Gasteiger partial charge in [0.1, 0.15) is 6.54 Å². The maximum Gasteiger partial charge on any atom is 0.420 e. The number of halogens is 1. The van der Waals surface area contributed by atoms with Gasteiger partial charge in [-0.1, -0.05) is 40.2 Å². The first-order valence-electron chi connectivity index (χ1n) is 8.13. The molecule has 8 heteroatoms. The van der Waals surface area contributed by atoms with Crippen LogP contribution in [0.1, 0.15) is 4.88 Å². The molecule has 0 unspecified atom stereocenters. The van der Waals surface area contributed by atoms with Crippen LogP contribution in [-0.2, 0) is 11.3 Å². The fourth-order valence-corrected chi connectivity index (χ4v) is 3.91. The van der Waals surface area contributed by atoms with Gasteiger partial charge in [0.2, 0.25) is 5.91 Å². The number of amides is 1. The highest BCUT2D eigenvalue weighted by Crippen LogP contribution is 2.31. The van der Waals surface area contributed by atoms with Crippen LogP contribution < -0.4 is 11.1 Å². The summed E-state index contributed by atoms with van der Waals surface area (Å²) in [6.07, 6.45) is 0. The molecule has 0 aliphatic rings. The zero-order valence-electron chi connectivity index (χ0n) is 14.2. The number of anilines is 1. The molecule has 0 saturated heterocycles. The predicted molar refractivity (Wildman–Crippen MR) is 109 cm³/mol. The highest BCUT2D eigenvalue weighted by molar-refractivity contribution is 9.10. The van der Waals surface area contributed by atoms with E-state index < -0.39 is 5.76 Å². The number of thiazole rings is 1. The molecule has 1 amide bonds. The maximum absolute atomic E-state index is 12.4. The Morgan fingerprint density at radius 1 is 1.22 bits per heavy atom. The Balaban J connectivity index is 1.55. The van der Waals surface area contributed by atoms with Crippen LogP contribution in [0.2, 0.25) is 0 Å². The number of carbonyl (C=O) groups is 1. The van der Waals surface area contributed by atoms with Crippen molar-refractivity contribution in [3.8, 4) is 11.3 Å². The minimum Gasteiger partial charge on any atom is -0.408 e. The number of nitrogens with zero attached hydrogens (tertiary/aromatic N) is 2. The normalized spacial score (nSPS) is 11.0. The van der Waals surface area contributed by atoms with E-state index in [0.29, 0.717) is 16.2 Å². The molecule has 0 fully saturated rings. The van der Waals surface area contributed by atoms with Crippen molar-refractivity contribution in [3.63, 3.8) is 0 Å². The number of para-hydroxylation sites is 2. The number of nitrogens with one attached hydrogen (secondary N) is 1. The van der Waals surface area contributed by atoms with Gasteiger partial charge in [0.25, 0.3) is 0 Å². The zero-order chi connectivity index (χ0) is 19.0. The number of hydrogen-bond acceptors (Lipinski definition) is 5. The number of benzene rings is 2. The molecule has 0 aliphatic carbocycles. The summed E-state index contributed by atoms with van der Waals surface area (Å²) in [4.78, 5) is 29.9. The van der Waals surface area contributed by atoms with E-state index in [9.17, 15) is 9.59 Å². The van der Waals surface area contributed by atoms with E-state index in [1.807, 2.05) is 31.2 Å². The van der Waals surface area contributed by atoms with Gasteiger partial charge in [-0.3, -0.25) is 9.36 Å². The molecule has 2 aromatic carbocycles. The molecular formula is C19H14BrN3O3S. The first-order chi connectivity index (χ1) is 13.0. The Morgan fingerprint density at radius 2 is 1.96 bits per heavy atom. The van der Waals surface area contributed by atoms with Crippen LogP contribution in [0, 0.1) is 6.92 Å². The van der Waals surface area contributed by atoms with E-state index in [-0.39, 0.29) is 12.5 Å². The fraction of sp³-hybridized carbons (Fsp3) is 0.105. The molecule has 0 bridgehead atoms. The summed E-state index contributed by atoms with van der Waals surface area (Å²) >= 11 is 4.81. The van der Waals surface area contributed by atoms with Gasteiger partial charge in [-0.15, -0.1) is 11.3 Å². The Morgan fingerprint density at radius 3 is 2.74 bits per heavy atom. The van der Waals surface area contributed by atoms with Crippen LogP contribution in [-0.4, -0.2) is 15.5 Å². The first kappa shape index (κ1) is 17.7. The molecule has 1 N–H and O–H groups in total. The predicted octanol–water partition coefficient (Wildman–Crippen LogP) is 4.43. The minimum atomic E-state index is -0.558. The topological polar surface area (TPSA) is 77.1 Å². The molecular weight excluding hydrogens is 430 g/mol. The summed E-state index contributed by atoms with van der Waals surface area (Å²) in [5.41, 5.74) is 2.85. The maximum atomic E-state index is 12.4. The van der Waals surface area contributed by atoms with Gasteiger partial charge >= 0.3 is 5.76 Å². The van der Waals surface area contributed by atoms with Crippen LogP contribution in [0.25, 0.3) is 22.4 Å². The third-order valence-electron chi connectivity index (χ3n) is 4.04. The summed E-state index contributed by atoms with van der Waals surface area (Å²) < 4.78 is 7.45. The van der Waals surface area contributed by atoms with Crippen LogP contribution in [0.4, 0.5) is 5.13 Å². The molecule has 4 aromatic rings. The van der Waals surface area contributed by atoms with E-state index in [0.717, 1.165) is 20.6 Å². The highest BCUT2D eigenvalue weighted by Gasteiger charge is 2.15. The molecule has 27 heavy (non-hydrogen) atoms. The van der Waals surface area contributed by atoms with Gasteiger partial charge in [0, 0.05) is 14.9 Å².